The van der Waals surface area contributed by atoms with Crippen LogP contribution in [0, 0.1) is 11.8 Å². The molecule has 0 spiro atoms. The number of fused-ring (bicyclic) bond motifs is 1. The average molecular weight is 632 g/mol. The maximum Gasteiger partial charge on any atom is 0.336 e. The fourth-order valence-electron chi connectivity index (χ4n) is 5.13. The van der Waals surface area contributed by atoms with Gasteiger partial charge in [0, 0.05) is 50.3 Å². The predicted octanol–water partition coefficient (Wildman–Crippen LogP) is 4.51. The number of hydrogen-bond donors (Lipinski definition) is 3. The van der Waals surface area contributed by atoms with Gasteiger partial charge in [-0.15, -0.1) is 0 Å². The summed E-state index contributed by atoms with van der Waals surface area (Å²) >= 11 is 0. The van der Waals surface area contributed by atoms with Crippen LogP contribution < -0.4 is 21.2 Å². The zero-order valence-electron chi connectivity index (χ0n) is 27.6. The fourth-order valence-corrected chi connectivity index (χ4v) is 5.13. The van der Waals surface area contributed by atoms with E-state index in [1.165, 1.54) is 18.6 Å². The SMILES string of the molecule is CO[C@@H](Cc1ccccc1)[C@@H](C)/C=C(C)/C=C/[C@H](NC(=O)Cc1cc(=O)oc2cc(N(C)C)ccc12)[C@H](C)C(=O)N[C@H](C)C(=O)O. The molecule has 3 aromatic rings. The highest BCUT2D eigenvalue weighted by Crippen LogP contribution is 2.23. The second kappa shape index (κ2) is 16.6. The molecule has 3 N–H and O–H groups in total. The van der Waals surface area contributed by atoms with Gasteiger partial charge >= 0.3 is 11.6 Å². The average Bonchev–Trinajstić information content (AvgIpc) is 3.01. The maximum atomic E-state index is 13.4. The molecule has 0 aliphatic rings. The highest BCUT2D eigenvalue weighted by atomic mass is 16.5. The molecule has 10 nitrogen and oxygen atoms in total. The van der Waals surface area contributed by atoms with Crippen LogP contribution in [0.1, 0.15) is 38.8 Å². The molecular weight excluding hydrogens is 586 g/mol. The molecule has 0 unspecified atom stereocenters. The van der Waals surface area contributed by atoms with Crippen molar-refractivity contribution in [3.05, 3.63) is 99.9 Å². The molecule has 5 atom stereocenters. The number of aliphatic carboxylic acids is 1. The van der Waals surface area contributed by atoms with E-state index < -0.39 is 41.4 Å². The molecule has 1 heterocycles. The van der Waals surface area contributed by atoms with E-state index in [1.54, 1.807) is 32.2 Å². The minimum atomic E-state index is -1.17. The first-order valence-electron chi connectivity index (χ1n) is 15.3. The first-order chi connectivity index (χ1) is 21.8. The van der Waals surface area contributed by atoms with Crippen molar-refractivity contribution in [3.8, 4) is 0 Å². The Morgan fingerprint density at radius 2 is 1.72 bits per heavy atom. The van der Waals surface area contributed by atoms with Crippen LogP contribution in [-0.4, -0.2) is 62.3 Å². The van der Waals surface area contributed by atoms with Crippen LogP contribution in [-0.2, 0) is 32.0 Å². The second-order valence-electron chi connectivity index (χ2n) is 11.9. The Hall–Kier alpha value is -4.70. The van der Waals surface area contributed by atoms with Crippen LogP contribution in [0.2, 0.25) is 0 Å². The topological polar surface area (TPSA) is 138 Å². The van der Waals surface area contributed by atoms with Crippen molar-refractivity contribution in [2.75, 3.05) is 26.1 Å². The molecule has 1 aromatic heterocycles. The van der Waals surface area contributed by atoms with E-state index in [4.69, 9.17) is 9.15 Å². The molecule has 46 heavy (non-hydrogen) atoms. The summed E-state index contributed by atoms with van der Waals surface area (Å²) in [5.41, 5.74) is 3.19. The van der Waals surface area contributed by atoms with E-state index in [1.807, 2.05) is 56.3 Å². The third kappa shape index (κ3) is 10.2. The summed E-state index contributed by atoms with van der Waals surface area (Å²) in [6.07, 6.45) is 6.18. The number of allylic oxidation sites excluding steroid dienone is 2. The Labute approximate surface area is 270 Å². The quantitative estimate of drug-likeness (QED) is 0.165. The smallest absolute Gasteiger partial charge is 0.336 e. The Morgan fingerprint density at radius 1 is 1.02 bits per heavy atom. The molecule has 0 saturated heterocycles. The van der Waals surface area contributed by atoms with Gasteiger partial charge in [0.25, 0.3) is 0 Å². The Kier molecular flexibility index (Phi) is 12.9. The van der Waals surface area contributed by atoms with E-state index in [0.29, 0.717) is 16.5 Å². The van der Waals surface area contributed by atoms with Gasteiger partial charge in [-0.1, -0.05) is 68.0 Å². The second-order valence-corrected chi connectivity index (χ2v) is 11.9. The molecule has 0 saturated carbocycles. The van der Waals surface area contributed by atoms with Crippen molar-refractivity contribution < 1.29 is 28.6 Å². The zero-order valence-corrected chi connectivity index (χ0v) is 27.6. The van der Waals surface area contributed by atoms with Crippen molar-refractivity contribution >= 4 is 34.4 Å². The number of amides is 2. The lowest BCUT2D eigenvalue weighted by Gasteiger charge is -2.23. The zero-order chi connectivity index (χ0) is 34.0. The van der Waals surface area contributed by atoms with Crippen LogP contribution in [0.5, 0.6) is 0 Å². The third-order valence-electron chi connectivity index (χ3n) is 7.95. The number of carboxylic acids is 1. The van der Waals surface area contributed by atoms with Crippen LogP contribution in [0.4, 0.5) is 5.69 Å². The van der Waals surface area contributed by atoms with Crippen molar-refractivity contribution in [3.63, 3.8) is 0 Å². The first-order valence-corrected chi connectivity index (χ1v) is 15.3. The lowest BCUT2D eigenvalue weighted by Crippen LogP contribution is -2.48. The number of methoxy groups -OCH3 is 1. The summed E-state index contributed by atoms with van der Waals surface area (Å²) < 4.78 is 11.2. The van der Waals surface area contributed by atoms with Gasteiger partial charge < -0.3 is 29.8 Å². The molecular formula is C36H45N3O7. The van der Waals surface area contributed by atoms with Gasteiger partial charge in [0.05, 0.1) is 24.5 Å². The van der Waals surface area contributed by atoms with Gasteiger partial charge in [0.1, 0.15) is 11.6 Å². The van der Waals surface area contributed by atoms with E-state index in [0.717, 1.165) is 17.7 Å². The number of anilines is 1. The maximum absolute atomic E-state index is 13.4. The van der Waals surface area contributed by atoms with Crippen molar-refractivity contribution in [2.45, 2.75) is 58.7 Å². The first kappa shape index (κ1) is 35.8. The van der Waals surface area contributed by atoms with Gasteiger partial charge in [0.15, 0.2) is 0 Å². The molecule has 3 rings (SSSR count). The Morgan fingerprint density at radius 3 is 2.35 bits per heavy atom. The van der Waals surface area contributed by atoms with E-state index in [9.17, 15) is 24.3 Å². The number of carbonyl (C=O) groups is 3. The minimum Gasteiger partial charge on any atom is -0.480 e. The third-order valence-corrected chi connectivity index (χ3v) is 7.95. The highest BCUT2D eigenvalue weighted by molar-refractivity contribution is 5.90. The van der Waals surface area contributed by atoms with Gasteiger partial charge in [-0.05, 0) is 43.5 Å². The molecule has 0 aliphatic carbocycles. The van der Waals surface area contributed by atoms with E-state index >= 15 is 0 Å². The van der Waals surface area contributed by atoms with E-state index in [2.05, 4.69) is 35.8 Å². The molecule has 10 heteroatoms. The Bertz CT molecular complexity index is 1630. The molecule has 2 aromatic carbocycles. The van der Waals surface area contributed by atoms with Gasteiger partial charge in [0.2, 0.25) is 11.8 Å². The van der Waals surface area contributed by atoms with Gasteiger partial charge in [-0.3, -0.25) is 14.4 Å². The predicted molar refractivity (Wildman–Crippen MR) is 180 cm³/mol. The number of nitrogens with zero attached hydrogens (tertiary/aromatic N) is 1. The molecule has 0 bridgehead atoms. The number of nitrogens with one attached hydrogen (secondary N) is 2. The lowest BCUT2D eigenvalue weighted by atomic mass is 9.94. The number of carbonyl (C=O) groups excluding carboxylic acids is 2. The standard InChI is InChI=1S/C36H45N3O7/c1-22(17-23(2)31(45-7)18-26-11-9-8-10-12-26)13-16-30(24(3)35(42)37-25(4)36(43)44)38-33(40)19-27-20-34(41)46-32-21-28(39(5)6)14-15-29(27)32/h8-17,20-21,23-25,30-31H,18-19H2,1-7H3,(H,37,42)(H,38,40)(H,43,44)/b16-13+,22-17+/t23-,24-,25+,30-,31-/m0/s1. The number of carboxylic acid groups (broad SMARTS) is 1. The summed E-state index contributed by atoms with van der Waals surface area (Å²) in [5.74, 6) is -2.85. The largest absolute Gasteiger partial charge is 0.480 e. The van der Waals surface area contributed by atoms with E-state index in [-0.39, 0.29) is 18.4 Å². The van der Waals surface area contributed by atoms with Crippen molar-refractivity contribution in [1.82, 2.24) is 10.6 Å². The van der Waals surface area contributed by atoms with Crippen molar-refractivity contribution in [1.29, 1.82) is 0 Å². The molecule has 246 valence electrons. The van der Waals surface area contributed by atoms with Crippen molar-refractivity contribution in [2.24, 2.45) is 11.8 Å². The van der Waals surface area contributed by atoms with Gasteiger partial charge in [-0.25, -0.2) is 4.79 Å². The Balaban J connectivity index is 1.84. The summed E-state index contributed by atoms with van der Waals surface area (Å²) in [4.78, 5) is 52.0. The summed E-state index contributed by atoms with van der Waals surface area (Å²) in [7, 11) is 5.43. The molecule has 0 fully saturated rings. The molecule has 2 amide bonds. The number of rotatable bonds is 15. The fraction of sp³-hybridized carbons (Fsp3) is 0.389. The monoisotopic (exact) mass is 631 g/mol. The number of hydrogen-bond acceptors (Lipinski definition) is 7. The van der Waals surface area contributed by atoms with Crippen LogP contribution >= 0.6 is 0 Å². The number of ether oxygens (including phenoxy) is 1. The molecule has 0 aliphatic heterocycles. The van der Waals surface area contributed by atoms with Gasteiger partial charge in [-0.2, -0.15) is 0 Å². The highest BCUT2D eigenvalue weighted by Gasteiger charge is 2.27. The summed E-state index contributed by atoms with van der Waals surface area (Å²) in [5, 5.41) is 15.3. The van der Waals surface area contributed by atoms with Crippen LogP contribution in [0.25, 0.3) is 11.0 Å². The number of benzene rings is 2. The molecule has 0 radical (unpaired) electrons. The minimum absolute atomic E-state index is 0.0596. The van der Waals surface area contributed by atoms with Crippen LogP contribution in [0.3, 0.4) is 0 Å². The lowest BCUT2D eigenvalue weighted by molar-refractivity contribution is -0.142. The summed E-state index contributed by atoms with van der Waals surface area (Å²) in [6.45, 7) is 6.99. The van der Waals surface area contributed by atoms with Crippen LogP contribution in [0.15, 0.2) is 87.6 Å². The summed E-state index contributed by atoms with van der Waals surface area (Å²) in [6, 6.07) is 14.9. The normalized spacial score (nSPS) is 15.2.